The third-order valence-corrected chi connectivity index (χ3v) is 2.93. The summed E-state index contributed by atoms with van der Waals surface area (Å²) in [5.74, 6) is 0. The van der Waals surface area contributed by atoms with E-state index in [1.165, 1.54) is 16.0 Å². The average molecular weight is 234 g/mol. The average Bonchev–Trinajstić information content (AvgIpc) is 2.35. The molecule has 0 spiro atoms. The summed E-state index contributed by atoms with van der Waals surface area (Å²) in [5.41, 5.74) is 2.57. The SMILES string of the molecule is CN(C)C(=O)NCC1Cc2ccccc2CO1. The standard InChI is InChI=1S/C13H18N2O2/c1-15(2)13(16)14-8-12-7-10-5-3-4-6-11(10)9-17-12/h3-6,12H,7-9H2,1-2H3,(H,14,16). The first kappa shape index (κ1) is 11.9. The highest BCUT2D eigenvalue weighted by Gasteiger charge is 2.19. The van der Waals surface area contributed by atoms with Crippen molar-refractivity contribution >= 4 is 6.03 Å². The van der Waals surface area contributed by atoms with Crippen molar-refractivity contribution in [2.24, 2.45) is 0 Å². The number of hydrogen-bond acceptors (Lipinski definition) is 2. The summed E-state index contributed by atoms with van der Waals surface area (Å²) >= 11 is 0. The molecule has 0 fully saturated rings. The van der Waals surface area contributed by atoms with Gasteiger partial charge in [-0.3, -0.25) is 0 Å². The highest BCUT2D eigenvalue weighted by Crippen LogP contribution is 2.19. The number of amides is 2. The molecule has 0 saturated heterocycles. The number of hydrogen-bond donors (Lipinski definition) is 1. The minimum atomic E-state index is -0.0764. The van der Waals surface area contributed by atoms with Crippen molar-refractivity contribution in [3.05, 3.63) is 35.4 Å². The number of carbonyl (C=O) groups is 1. The van der Waals surface area contributed by atoms with Crippen molar-refractivity contribution < 1.29 is 9.53 Å². The molecule has 17 heavy (non-hydrogen) atoms. The van der Waals surface area contributed by atoms with Gasteiger partial charge in [0.1, 0.15) is 0 Å². The first-order chi connectivity index (χ1) is 8.16. The molecule has 1 aromatic carbocycles. The maximum absolute atomic E-state index is 11.4. The van der Waals surface area contributed by atoms with Gasteiger partial charge in [-0.1, -0.05) is 24.3 Å². The van der Waals surface area contributed by atoms with E-state index in [4.69, 9.17) is 4.74 Å². The Morgan fingerprint density at radius 2 is 2.12 bits per heavy atom. The monoisotopic (exact) mass is 234 g/mol. The van der Waals surface area contributed by atoms with E-state index in [0.29, 0.717) is 13.2 Å². The number of carbonyl (C=O) groups excluding carboxylic acids is 1. The Labute approximate surface area is 102 Å². The number of urea groups is 1. The van der Waals surface area contributed by atoms with Gasteiger partial charge in [0.05, 0.1) is 12.7 Å². The lowest BCUT2D eigenvalue weighted by molar-refractivity contribution is 0.0300. The van der Waals surface area contributed by atoms with E-state index >= 15 is 0 Å². The summed E-state index contributed by atoms with van der Waals surface area (Å²) in [6.45, 7) is 1.20. The van der Waals surface area contributed by atoms with Gasteiger partial charge in [0.2, 0.25) is 0 Å². The van der Waals surface area contributed by atoms with Crippen molar-refractivity contribution in [3.8, 4) is 0 Å². The number of nitrogens with zero attached hydrogens (tertiary/aromatic N) is 1. The normalized spacial score (nSPS) is 18.4. The highest BCUT2D eigenvalue weighted by molar-refractivity contribution is 5.73. The van der Waals surface area contributed by atoms with E-state index in [1.807, 2.05) is 12.1 Å². The van der Waals surface area contributed by atoms with E-state index in [-0.39, 0.29) is 12.1 Å². The molecule has 4 nitrogen and oxygen atoms in total. The van der Waals surface area contributed by atoms with Crippen LogP contribution in [0.4, 0.5) is 4.79 Å². The Hall–Kier alpha value is -1.55. The van der Waals surface area contributed by atoms with Gasteiger partial charge < -0.3 is 15.0 Å². The zero-order chi connectivity index (χ0) is 12.3. The third-order valence-electron chi connectivity index (χ3n) is 2.93. The van der Waals surface area contributed by atoms with Crippen molar-refractivity contribution in [3.63, 3.8) is 0 Å². The molecule has 0 radical (unpaired) electrons. The van der Waals surface area contributed by atoms with Crippen LogP contribution < -0.4 is 5.32 Å². The van der Waals surface area contributed by atoms with Crippen LogP contribution in [0.25, 0.3) is 0 Å². The van der Waals surface area contributed by atoms with E-state index in [9.17, 15) is 4.79 Å². The minimum absolute atomic E-state index is 0.0764. The Balaban J connectivity index is 1.88. The van der Waals surface area contributed by atoms with Crippen molar-refractivity contribution in [2.75, 3.05) is 20.6 Å². The van der Waals surface area contributed by atoms with Gasteiger partial charge in [0, 0.05) is 27.1 Å². The number of benzene rings is 1. The maximum atomic E-state index is 11.4. The Bertz CT molecular complexity index is 404. The molecule has 0 aliphatic carbocycles. The van der Waals surface area contributed by atoms with Gasteiger partial charge in [-0.2, -0.15) is 0 Å². The molecule has 0 bridgehead atoms. The van der Waals surface area contributed by atoms with Crippen LogP contribution in [0, 0.1) is 0 Å². The fourth-order valence-corrected chi connectivity index (χ4v) is 1.90. The third kappa shape index (κ3) is 2.97. The molecule has 1 N–H and O–H groups in total. The van der Waals surface area contributed by atoms with Crippen LogP contribution >= 0.6 is 0 Å². The van der Waals surface area contributed by atoms with Gasteiger partial charge >= 0.3 is 6.03 Å². The second-order valence-electron chi connectivity index (χ2n) is 4.49. The molecule has 2 rings (SSSR count). The van der Waals surface area contributed by atoms with Gasteiger partial charge in [-0.25, -0.2) is 4.79 Å². The molecule has 1 aliphatic heterocycles. The van der Waals surface area contributed by atoms with Crippen LogP contribution in [0.15, 0.2) is 24.3 Å². The molecule has 1 unspecified atom stereocenters. The summed E-state index contributed by atoms with van der Waals surface area (Å²) in [5, 5.41) is 2.84. The Morgan fingerprint density at radius 3 is 2.82 bits per heavy atom. The lowest BCUT2D eigenvalue weighted by Crippen LogP contribution is -2.41. The number of ether oxygens (including phenoxy) is 1. The first-order valence-corrected chi connectivity index (χ1v) is 5.80. The predicted octanol–water partition coefficient (Wildman–Crippen LogP) is 1.40. The lowest BCUT2D eigenvalue weighted by atomic mass is 9.99. The predicted molar refractivity (Wildman–Crippen MR) is 65.8 cm³/mol. The summed E-state index contributed by atoms with van der Waals surface area (Å²) in [7, 11) is 3.46. The minimum Gasteiger partial charge on any atom is -0.371 e. The lowest BCUT2D eigenvalue weighted by Gasteiger charge is -2.26. The smallest absolute Gasteiger partial charge is 0.316 e. The van der Waals surface area contributed by atoms with Gasteiger partial charge in [0.25, 0.3) is 0 Å². The van der Waals surface area contributed by atoms with Crippen molar-refractivity contribution in [1.29, 1.82) is 0 Å². The number of fused-ring (bicyclic) bond motifs is 1. The molecule has 0 aromatic heterocycles. The molecule has 4 heteroatoms. The quantitative estimate of drug-likeness (QED) is 0.840. The largest absolute Gasteiger partial charge is 0.371 e. The zero-order valence-electron chi connectivity index (χ0n) is 10.3. The van der Waals surface area contributed by atoms with Crippen LogP contribution in [0.3, 0.4) is 0 Å². The molecule has 1 atom stereocenters. The van der Waals surface area contributed by atoms with Crippen LogP contribution in [-0.2, 0) is 17.8 Å². The number of rotatable bonds is 2. The summed E-state index contributed by atoms with van der Waals surface area (Å²) in [4.78, 5) is 12.9. The highest BCUT2D eigenvalue weighted by atomic mass is 16.5. The summed E-state index contributed by atoms with van der Waals surface area (Å²) < 4.78 is 5.70. The molecule has 92 valence electrons. The Morgan fingerprint density at radius 1 is 1.41 bits per heavy atom. The van der Waals surface area contributed by atoms with Gasteiger partial charge in [-0.05, 0) is 11.1 Å². The topological polar surface area (TPSA) is 41.6 Å². The molecule has 0 saturated carbocycles. The molecule has 1 aromatic rings. The molecular weight excluding hydrogens is 216 g/mol. The van der Waals surface area contributed by atoms with Crippen LogP contribution in [0.2, 0.25) is 0 Å². The zero-order valence-corrected chi connectivity index (χ0v) is 10.3. The van der Waals surface area contributed by atoms with Crippen LogP contribution in [-0.4, -0.2) is 37.7 Å². The maximum Gasteiger partial charge on any atom is 0.316 e. The summed E-state index contributed by atoms with van der Waals surface area (Å²) in [6, 6.07) is 8.20. The van der Waals surface area contributed by atoms with Crippen LogP contribution in [0.1, 0.15) is 11.1 Å². The molecular formula is C13H18N2O2. The molecule has 1 aliphatic rings. The van der Waals surface area contributed by atoms with Crippen LogP contribution in [0.5, 0.6) is 0 Å². The van der Waals surface area contributed by atoms with E-state index in [2.05, 4.69) is 17.4 Å². The first-order valence-electron chi connectivity index (χ1n) is 5.80. The van der Waals surface area contributed by atoms with E-state index in [1.54, 1.807) is 14.1 Å². The fourth-order valence-electron chi connectivity index (χ4n) is 1.90. The fraction of sp³-hybridized carbons (Fsp3) is 0.462. The second-order valence-corrected chi connectivity index (χ2v) is 4.49. The number of nitrogens with one attached hydrogen (secondary N) is 1. The van der Waals surface area contributed by atoms with Crippen molar-refractivity contribution in [1.82, 2.24) is 10.2 Å². The Kier molecular flexibility index (Phi) is 3.64. The molecule has 1 heterocycles. The van der Waals surface area contributed by atoms with Gasteiger partial charge in [-0.15, -0.1) is 0 Å². The van der Waals surface area contributed by atoms with Gasteiger partial charge in [0.15, 0.2) is 0 Å². The molecule has 2 amide bonds. The van der Waals surface area contributed by atoms with Crippen molar-refractivity contribution in [2.45, 2.75) is 19.1 Å². The summed E-state index contributed by atoms with van der Waals surface area (Å²) in [6.07, 6.45) is 0.943. The second kappa shape index (κ2) is 5.19. The van der Waals surface area contributed by atoms with E-state index < -0.39 is 0 Å². The van der Waals surface area contributed by atoms with E-state index in [0.717, 1.165) is 6.42 Å².